The zero-order chi connectivity index (χ0) is 13.8. The normalized spacial score (nSPS) is 10.3. The monoisotopic (exact) mass is 342 g/mol. The molecule has 0 spiro atoms. The summed E-state index contributed by atoms with van der Waals surface area (Å²) in [6, 6.07) is 11.1. The Hall–Kier alpha value is -1.39. The molecule has 0 aliphatic rings. The standard InChI is InChI=1S/C14H9BrClFO2/c15-10-3-1-9(2-4-10)8-19-14(18)12-7-11(16)5-6-13(12)17/h1-7H,8H2. The van der Waals surface area contributed by atoms with Crippen LogP contribution in [0.5, 0.6) is 0 Å². The van der Waals surface area contributed by atoms with E-state index in [1.54, 1.807) is 0 Å². The first-order chi connectivity index (χ1) is 9.06. The highest BCUT2D eigenvalue weighted by Gasteiger charge is 2.13. The summed E-state index contributed by atoms with van der Waals surface area (Å²) in [7, 11) is 0. The molecule has 0 fully saturated rings. The smallest absolute Gasteiger partial charge is 0.341 e. The third-order valence-electron chi connectivity index (χ3n) is 2.43. The molecule has 0 aliphatic carbocycles. The molecule has 2 rings (SSSR count). The number of carbonyl (C=O) groups is 1. The van der Waals surface area contributed by atoms with E-state index in [1.807, 2.05) is 24.3 Å². The van der Waals surface area contributed by atoms with Crippen LogP contribution in [0, 0.1) is 5.82 Å². The van der Waals surface area contributed by atoms with Crippen LogP contribution in [0.15, 0.2) is 46.9 Å². The summed E-state index contributed by atoms with van der Waals surface area (Å²) in [5, 5.41) is 0.289. The second-order valence-corrected chi connectivity index (χ2v) is 5.18. The van der Waals surface area contributed by atoms with E-state index in [2.05, 4.69) is 15.9 Å². The van der Waals surface area contributed by atoms with Crippen LogP contribution in [0.2, 0.25) is 5.02 Å². The molecule has 5 heteroatoms. The number of carbonyl (C=O) groups excluding carboxylic acids is 1. The van der Waals surface area contributed by atoms with Crippen molar-refractivity contribution in [1.82, 2.24) is 0 Å². The number of hydrogen-bond donors (Lipinski definition) is 0. The number of rotatable bonds is 3. The first-order valence-electron chi connectivity index (χ1n) is 5.43. The van der Waals surface area contributed by atoms with E-state index in [9.17, 15) is 9.18 Å². The Bertz CT molecular complexity index is 599. The molecule has 0 radical (unpaired) electrons. The lowest BCUT2D eigenvalue weighted by Crippen LogP contribution is -2.07. The molecule has 0 aliphatic heterocycles. The van der Waals surface area contributed by atoms with Crippen LogP contribution in [-0.4, -0.2) is 5.97 Å². The topological polar surface area (TPSA) is 26.3 Å². The molecule has 98 valence electrons. The van der Waals surface area contributed by atoms with E-state index in [0.29, 0.717) is 0 Å². The van der Waals surface area contributed by atoms with E-state index in [4.69, 9.17) is 16.3 Å². The largest absolute Gasteiger partial charge is 0.457 e. The third kappa shape index (κ3) is 3.78. The second-order valence-electron chi connectivity index (χ2n) is 3.83. The predicted octanol–water partition coefficient (Wildman–Crippen LogP) is 4.60. The summed E-state index contributed by atoms with van der Waals surface area (Å²) in [5.41, 5.74) is 0.656. The summed E-state index contributed by atoms with van der Waals surface area (Å²) in [6.07, 6.45) is 0. The lowest BCUT2D eigenvalue weighted by Gasteiger charge is -2.06. The Balaban J connectivity index is 2.05. The van der Waals surface area contributed by atoms with Gasteiger partial charge in [0.2, 0.25) is 0 Å². The molecule has 0 atom stereocenters. The molecule has 0 saturated carbocycles. The quantitative estimate of drug-likeness (QED) is 0.761. The Morgan fingerprint density at radius 1 is 1.21 bits per heavy atom. The third-order valence-corrected chi connectivity index (χ3v) is 3.20. The van der Waals surface area contributed by atoms with Gasteiger partial charge in [0.15, 0.2) is 0 Å². The van der Waals surface area contributed by atoms with Crippen LogP contribution in [0.25, 0.3) is 0 Å². The minimum absolute atomic E-state index is 0.0814. The number of ether oxygens (including phenoxy) is 1. The van der Waals surface area contributed by atoms with E-state index in [-0.39, 0.29) is 17.2 Å². The van der Waals surface area contributed by atoms with Gasteiger partial charge in [-0.1, -0.05) is 39.7 Å². The van der Waals surface area contributed by atoms with Gasteiger partial charge in [0, 0.05) is 9.50 Å². The zero-order valence-electron chi connectivity index (χ0n) is 9.70. The van der Waals surface area contributed by atoms with Gasteiger partial charge in [0.1, 0.15) is 12.4 Å². The maximum absolute atomic E-state index is 13.4. The van der Waals surface area contributed by atoms with Crippen molar-refractivity contribution in [1.29, 1.82) is 0 Å². The van der Waals surface area contributed by atoms with Gasteiger partial charge in [-0.2, -0.15) is 0 Å². The second kappa shape index (κ2) is 6.17. The maximum Gasteiger partial charge on any atom is 0.341 e. The molecule has 0 N–H and O–H groups in total. The predicted molar refractivity (Wildman–Crippen MR) is 74.7 cm³/mol. The van der Waals surface area contributed by atoms with Gasteiger partial charge >= 0.3 is 5.97 Å². The molecule has 19 heavy (non-hydrogen) atoms. The number of hydrogen-bond acceptors (Lipinski definition) is 2. The van der Waals surface area contributed by atoms with Crippen LogP contribution < -0.4 is 0 Å². The van der Waals surface area contributed by atoms with Gasteiger partial charge in [-0.05, 0) is 35.9 Å². The van der Waals surface area contributed by atoms with Crippen LogP contribution >= 0.6 is 27.5 Å². The fourth-order valence-corrected chi connectivity index (χ4v) is 1.90. The highest BCUT2D eigenvalue weighted by molar-refractivity contribution is 9.10. The number of esters is 1. The lowest BCUT2D eigenvalue weighted by molar-refractivity contribution is 0.0467. The first-order valence-corrected chi connectivity index (χ1v) is 6.60. The fraction of sp³-hybridized carbons (Fsp3) is 0.0714. The van der Waals surface area contributed by atoms with E-state index < -0.39 is 11.8 Å². The van der Waals surface area contributed by atoms with Crippen LogP contribution in [0.3, 0.4) is 0 Å². The van der Waals surface area contributed by atoms with Gasteiger partial charge in [-0.15, -0.1) is 0 Å². The van der Waals surface area contributed by atoms with Crippen molar-refractivity contribution in [3.63, 3.8) is 0 Å². The van der Waals surface area contributed by atoms with Crippen molar-refractivity contribution in [3.8, 4) is 0 Å². The van der Waals surface area contributed by atoms with Crippen molar-refractivity contribution in [2.75, 3.05) is 0 Å². The van der Waals surface area contributed by atoms with E-state index >= 15 is 0 Å². The average Bonchev–Trinajstić information content (AvgIpc) is 2.40. The van der Waals surface area contributed by atoms with Gasteiger partial charge in [0.25, 0.3) is 0 Å². The molecule has 0 unspecified atom stereocenters. The number of halogens is 3. The van der Waals surface area contributed by atoms with Crippen LogP contribution in [-0.2, 0) is 11.3 Å². The molecule has 0 bridgehead atoms. The fourth-order valence-electron chi connectivity index (χ4n) is 1.46. The lowest BCUT2D eigenvalue weighted by atomic mass is 10.2. The summed E-state index contributed by atoms with van der Waals surface area (Å²) in [5.74, 6) is -1.38. The number of benzene rings is 2. The minimum Gasteiger partial charge on any atom is -0.457 e. The summed E-state index contributed by atoms with van der Waals surface area (Å²) in [4.78, 5) is 11.7. The average molecular weight is 344 g/mol. The van der Waals surface area contributed by atoms with Gasteiger partial charge in [-0.3, -0.25) is 0 Å². The van der Waals surface area contributed by atoms with Gasteiger partial charge < -0.3 is 4.74 Å². The Morgan fingerprint density at radius 3 is 2.58 bits per heavy atom. The molecule has 0 saturated heterocycles. The van der Waals surface area contributed by atoms with Crippen molar-refractivity contribution >= 4 is 33.5 Å². The maximum atomic E-state index is 13.4. The molecule has 2 aromatic carbocycles. The highest BCUT2D eigenvalue weighted by Crippen LogP contribution is 2.17. The molecule has 2 nitrogen and oxygen atoms in total. The van der Waals surface area contributed by atoms with Crippen LogP contribution in [0.1, 0.15) is 15.9 Å². The van der Waals surface area contributed by atoms with Crippen LogP contribution in [0.4, 0.5) is 4.39 Å². The van der Waals surface area contributed by atoms with E-state index in [0.717, 1.165) is 16.1 Å². The Morgan fingerprint density at radius 2 is 1.89 bits per heavy atom. The molecule has 2 aromatic rings. The molecule has 0 amide bonds. The van der Waals surface area contributed by atoms with Crippen molar-refractivity contribution in [2.24, 2.45) is 0 Å². The van der Waals surface area contributed by atoms with Crippen molar-refractivity contribution in [2.45, 2.75) is 6.61 Å². The first kappa shape index (κ1) is 14.0. The van der Waals surface area contributed by atoms with Gasteiger partial charge in [-0.25, -0.2) is 9.18 Å². The highest BCUT2D eigenvalue weighted by atomic mass is 79.9. The molecule has 0 aromatic heterocycles. The Kier molecular flexibility index (Phi) is 4.56. The SMILES string of the molecule is O=C(OCc1ccc(Br)cc1)c1cc(Cl)ccc1F. The summed E-state index contributed by atoms with van der Waals surface area (Å²) in [6.45, 7) is 0.0814. The molecular weight excluding hydrogens is 335 g/mol. The summed E-state index contributed by atoms with van der Waals surface area (Å²) < 4.78 is 19.4. The molecule has 0 heterocycles. The van der Waals surface area contributed by atoms with Crippen molar-refractivity contribution < 1.29 is 13.9 Å². The Labute approximate surface area is 123 Å². The van der Waals surface area contributed by atoms with Crippen molar-refractivity contribution in [3.05, 3.63) is 68.9 Å². The minimum atomic E-state index is -0.733. The summed E-state index contributed by atoms with van der Waals surface area (Å²) >= 11 is 9.02. The molecular formula is C14H9BrClFO2. The zero-order valence-corrected chi connectivity index (χ0v) is 12.0. The van der Waals surface area contributed by atoms with Gasteiger partial charge in [0.05, 0.1) is 5.56 Å². The van der Waals surface area contributed by atoms with E-state index in [1.165, 1.54) is 12.1 Å².